The number of nitrogens with one attached hydrogen (secondary N) is 1. The van der Waals surface area contributed by atoms with E-state index < -0.39 is 0 Å². The first kappa shape index (κ1) is 17.0. The number of nitrogens with zero attached hydrogens (tertiary/aromatic N) is 1. The molecule has 0 unspecified atom stereocenters. The molecule has 112 valence electrons. The highest BCUT2D eigenvalue weighted by Crippen LogP contribution is 2.22. The number of hydrogen-bond acceptors (Lipinski definition) is 2. The maximum Gasteiger partial charge on any atom is 0.251 e. The molecule has 0 atom stereocenters. The van der Waals surface area contributed by atoms with Gasteiger partial charge in [0.15, 0.2) is 0 Å². The van der Waals surface area contributed by atoms with E-state index in [1.807, 2.05) is 43.3 Å². The van der Waals surface area contributed by atoms with Gasteiger partial charge in [0.05, 0.1) is 0 Å². The molecule has 1 amide bonds. The van der Waals surface area contributed by atoms with Crippen LogP contribution in [0.3, 0.4) is 0 Å². The second-order valence-electron chi connectivity index (χ2n) is 6.08. The van der Waals surface area contributed by atoms with Crippen LogP contribution in [0.1, 0.15) is 37.0 Å². The van der Waals surface area contributed by atoms with Crippen molar-refractivity contribution >= 4 is 27.5 Å². The first-order valence-corrected chi connectivity index (χ1v) is 8.09. The average Bonchev–Trinajstić information content (AvgIpc) is 2.43. The molecule has 1 aromatic carbocycles. The van der Waals surface area contributed by atoms with Gasteiger partial charge in [0.2, 0.25) is 0 Å². The molecule has 0 aliphatic heterocycles. The number of halogens is 1. The van der Waals surface area contributed by atoms with E-state index in [1.165, 1.54) is 0 Å². The summed E-state index contributed by atoms with van der Waals surface area (Å²) in [6.45, 7) is 5.07. The number of carbonyl (C=O) groups excluding carboxylic acids is 1. The minimum Gasteiger partial charge on any atom is -0.378 e. The summed E-state index contributed by atoms with van der Waals surface area (Å²) in [5.41, 5.74) is 1.88. The number of rotatable bonds is 7. The van der Waals surface area contributed by atoms with E-state index in [2.05, 4.69) is 35.1 Å². The first-order chi connectivity index (χ1) is 9.35. The standard InChI is InChI=1S/C16H25BrN2O/c1-16(2,9-6-10-17)12-18-15(20)13-7-5-8-14(11-13)19(3)4/h5,7-8,11H,6,9-10,12H2,1-4H3,(H,18,20). The van der Waals surface area contributed by atoms with Crippen LogP contribution in [-0.2, 0) is 0 Å². The summed E-state index contributed by atoms with van der Waals surface area (Å²) in [5.74, 6) is 0.000571. The van der Waals surface area contributed by atoms with Crippen molar-refractivity contribution < 1.29 is 4.79 Å². The fourth-order valence-corrected chi connectivity index (χ4v) is 2.26. The summed E-state index contributed by atoms with van der Waals surface area (Å²) in [4.78, 5) is 14.2. The van der Waals surface area contributed by atoms with Crippen molar-refractivity contribution in [1.82, 2.24) is 5.32 Å². The monoisotopic (exact) mass is 340 g/mol. The van der Waals surface area contributed by atoms with Crippen molar-refractivity contribution in [1.29, 1.82) is 0 Å². The predicted molar refractivity (Wildman–Crippen MR) is 89.9 cm³/mol. The fourth-order valence-electron chi connectivity index (χ4n) is 1.98. The Morgan fingerprint density at radius 1 is 1.35 bits per heavy atom. The van der Waals surface area contributed by atoms with Gasteiger partial charge in [0.25, 0.3) is 5.91 Å². The molecule has 0 aromatic heterocycles. The van der Waals surface area contributed by atoms with Crippen LogP contribution in [-0.4, -0.2) is 31.9 Å². The first-order valence-electron chi connectivity index (χ1n) is 6.97. The highest BCUT2D eigenvalue weighted by Gasteiger charge is 2.18. The number of benzene rings is 1. The molecule has 1 N–H and O–H groups in total. The maximum absolute atomic E-state index is 12.2. The number of amides is 1. The zero-order chi connectivity index (χ0) is 15.2. The summed E-state index contributed by atoms with van der Waals surface area (Å²) in [7, 11) is 3.95. The van der Waals surface area contributed by atoms with Gasteiger partial charge in [-0.15, -0.1) is 0 Å². The van der Waals surface area contributed by atoms with E-state index in [1.54, 1.807) is 0 Å². The van der Waals surface area contributed by atoms with Crippen LogP contribution in [0.5, 0.6) is 0 Å². The molecular formula is C16H25BrN2O. The molecular weight excluding hydrogens is 316 g/mol. The lowest BCUT2D eigenvalue weighted by molar-refractivity contribution is 0.0934. The number of hydrogen-bond donors (Lipinski definition) is 1. The largest absolute Gasteiger partial charge is 0.378 e. The highest BCUT2D eigenvalue weighted by atomic mass is 79.9. The number of alkyl halides is 1. The van der Waals surface area contributed by atoms with E-state index in [0.717, 1.165) is 23.9 Å². The molecule has 0 saturated heterocycles. The van der Waals surface area contributed by atoms with E-state index in [0.29, 0.717) is 12.1 Å². The van der Waals surface area contributed by atoms with Crippen molar-refractivity contribution in [2.24, 2.45) is 5.41 Å². The molecule has 20 heavy (non-hydrogen) atoms. The smallest absolute Gasteiger partial charge is 0.251 e. The van der Waals surface area contributed by atoms with E-state index in [-0.39, 0.29) is 11.3 Å². The van der Waals surface area contributed by atoms with Gasteiger partial charge in [0.1, 0.15) is 0 Å². The van der Waals surface area contributed by atoms with Gasteiger partial charge < -0.3 is 10.2 Å². The second kappa shape index (κ2) is 7.67. The Kier molecular flexibility index (Phi) is 6.53. The van der Waals surface area contributed by atoms with Crippen LogP contribution < -0.4 is 10.2 Å². The minimum atomic E-state index is 0.000571. The zero-order valence-electron chi connectivity index (χ0n) is 12.9. The summed E-state index contributed by atoms with van der Waals surface area (Å²) >= 11 is 3.45. The maximum atomic E-state index is 12.2. The normalized spacial score (nSPS) is 11.2. The van der Waals surface area contributed by atoms with Crippen LogP contribution >= 0.6 is 15.9 Å². The Morgan fingerprint density at radius 2 is 2.05 bits per heavy atom. The minimum absolute atomic E-state index is 0.000571. The highest BCUT2D eigenvalue weighted by molar-refractivity contribution is 9.09. The van der Waals surface area contributed by atoms with Crippen LogP contribution in [0.2, 0.25) is 0 Å². The molecule has 0 radical (unpaired) electrons. The van der Waals surface area contributed by atoms with E-state index in [4.69, 9.17) is 0 Å². The van der Waals surface area contributed by atoms with Gasteiger partial charge in [-0.2, -0.15) is 0 Å². The molecule has 3 nitrogen and oxygen atoms in total. The van der Waals surface area contributed by atoms with Crippen LogP contribution in [0.15, 0.2) is 24.3 Å². The van der Waals surface area contributed by atoms with Crippen molar-refractivity contribution in [3.63, 3.8) is 0 Å². The van der Waals surface area contributed by atoms with E-state index in [9.17, 15) is 4.79 Å². The van der Waals surface area contributed by atoms with Gasteiger partial charge >= 0.3 is 0 Å². The SMILES string of the molecule is CN(C)c1cccc(C(=O)NCC(C)(C)CCCBr)c1. The average molecular weight is 341 g/mol. The third-order valence-corrected chi connectivity index (χ3v) is 3.90. The lowest BCUT2D eigenvalue weighted by Crippen LogP contribution is -2.34. The lowest BCUT2D eigenvalue weighted by atomic mass is 9.88. The van der Waals surface area contributed by atoms with Crippen molar-refractivity contribution in [2.75, 3.05) is 30.9 Å². The quantitative estimate of drug-likeness (QED) is 0.768. The molecule has 0 aliphatic rings. The summed E-state index contributed by atoms with van der Waals surface area (Å²) in [5, 5.41) is 4.05. The Labute approximate surface area is 130 Å². The molecule has 0 saturated carbocycles. The summed E-state index contributed by atoms with van der Waals surface area (Å²) in [6.07, 6.45) is 2.22. The van der Waals surface area contributed by atoms with Crippen molar-refractivity contribution in [2.45, 2.75) is 26.7 Å². The second-order valence-corrected chi connectivity index (χ2v) is 6.88. The Balaban J connectivity index is 2.61. The molecule has 0 spiro atoms. The molecule has 0 bridgehead atoms. The van der Waals surface area contributed by atoms with Crippen molar-refractivity contribution in [3.8, 4) is 0 Å². The van der Waals surface area contributed by atoms with Gasteiger partial charge in [-0.1, -0.05) is 35.8 Å². The molecule has 4 heteroatoms. The van der Waals surface area contributed by atoms with Gasteiger partial charge in [0, 0.05) is 37.2 Å². The zero-order valence-corrected chi connectivity index (χ0v) is 14.5. The molecule has 0 heterocycles. The lowest BCUT2D eigenvalue weighted by Gasteiger charge is -2.24. The molecule has 0 fully saturated rings. The Bertz CT molecular complexity index is 444. The third kappa shape index (κ3) is 5.53. The Hall–Kier alpha value is -1.03. The molecule has 1 aromatic rings. The fraction of sp³-hybridized carbons (Fsp3) is 0.562. The van der Waals surface area contributed by atoms with Crippen LogP contribution in [0.4, 0.5) is 5.69 Å². The summed E-state index contributed by atoms with van der Waals surface area (Å²) < 4.78 is 0. The molecule has 0 aliphatic carbocycles. The molecule has 1 rings (SSSR count). The summed E-state index contributed by atoms with van der Waals surface area (Å²) in [6, 6.07) is 7.69. The number of anilines is 1. The number of carbonyl (C=O) groups is 1. The third-order valence-electron chi connectivity index (χ3n) is 3.34. The van der Waals surface area contributed by atoms with Gasteiger partial charge in [-0.25, -0.2) is 0 Å². The van der Waals surface area contributed by atoms with E-state index >= 15 is 0 Å². The van der Waals surface area contributed by atoms with Crippen molar-refractivity contribution in [3.05, 3.63) is 29.8 Å². The topological polar surface area (TPSA) is 32.3 Å². The van der Waals surface area contributed by atoms with Gasteiger partial charge in [-0.3, -0.25) is 4.79 Å². The van der Waals surface area contributed by atoms with Gasteiger partial charge in [-0.05, 0) is 36.5 Å². The van der Waals surface area contributed by atoms with Crippen LogP contribution in [0, 0.1) is 5.41 Å². The predicted octanol–water partition coefficient (Wildman–Crippen LogP) is 3.68. The van der Waals surface area contributed by atoms with Crippen LogP contribution in [0.25, 0.3) is 0 Å². The Morgan fingerprint density at radius 3 is 2.65 bits per heavy atom.